The van der Waals surface area contributed by atoms with Gasteiger partial charge in [-0.15, -0.1) is 0 Å². The summed E-state index contributed by atoms with van der Waals surface area (Å²) >= 11 is 7.69. The number of carboxylic acids is 1. The number of rotatable bonds is 5. The molecule has 21 heavy (non-hydrogen) atoms. The number of halogens is 1. The van der Waals surface area contributed by atoms with Gasteiger partial charge in [0.25, 0.3) is 0 Å². The van der Waals surface area contributed by atoms with Crippen molar-refractivity contribution in [3.05, 3.63) is 64.7 Å². The van der Waals surface area contributed by atoms with Gasteiger partial charge in [0, 0.05) is 15.9 Å². The van der Waals surface area contributed by atoms with Gasteiger partial charge in [-0.3, -0.25) is 0 Å². The Morgan fingerprint density at radius 3 is 2.62 bits per heavy atom. The Labute approximate surface area is 131 Å². The highest BCUT2D eigenvalue weighted by Gasteiger charge is 2.07. The van der Waals surface area contributed by atoms with Crippen LogP contribution in [-0.4, -0.2) is 16.2 Å². The van der Waals surface area contributed by atoms with Crippen molar-refractivity contribution in [2.45, 2.75) is 16.4 Å². The largest absolute Gasteiger partial charge is 0.478 e. The van der Waals surface area contributed by atoms with Gasteiger partial charge in [0.05, 0.1) is 11.6 Å². The summed E-state index contributed by atoms with van der Waals surface area (Å²) in [6.45, 7) is -0.0276. The van der Waals surface area contributed by atoms with E-state index in [4.69, 9.17) is 16.7 Å². The summed E-state index contributed by atoms with van der Waals surface area (Å²) in [7, 11) is 0. The van der Waals surface area contributed by atoms with Crippen LogP contribution in [0.5, 0.6) is 0 Å². The Bertz CT molecular complexity index is 683. The van der Waals surface area contributed by atoms with E-state index in [1.54, 1.807) is 12.1 Å². The molecule has 0 aromatic heterocycles. The van der Waals surface area contributed by atoms with Crippen LogP contribution >= 0.6 is 23.4 Å². The molecule has 0 fully saturated rings. The lowest BCUT2D eigenvalue weighted by Gasteiger charge is -2.08. The molecule has 0 aliphatic rings. The van der Waals surface area contributed by atoms with Gasteiger partial charge in [0.2, 0.25) is 0 Å². The molecule has 2 N–H and O–H groups in total. The van der Waals surface area contributed by atoms with E-state index in [0.717, 1.165) is 27.0 Å². The highest BCUT2D eigenvalue weighted by Crippen LogP contribution is 2.35. The first-order valence-electron chi connectivity index (χ1n) is 6.17. The van der Waals surface area contributed by atoms with Crippen LogP contribution < -0.4 is 0 Å². The number of carbonyl (C=O) groups is 1. The van der Waals surface area contributed by atoms with Crippen molar-refractivity contribution in [3.8, 4) is 0 Å². The van der Waals surface area contributed by atoms with Crippen LogP contribution in [0.2, 0.25) is 5.02 Å². The van der Waals surface area contributed by atoms with Crippen LogP contribution in [-0.2, 0) is 11.4 Å². The second kappa shape index (κ2) is 7.31. The highest BCUT2D eigenvalue weighted by molar-refractivity contribution is 7.99. The van der Waals surface area contributed by atoms with E-state index in [-0.39, 0.29) is 6.61 Å². The molecule has 0 bridgehead atoms. The zero-order chi connectivity index (χ0) is 15.2. The number of aliphatic carboxylic acids is 1. The van der Waals surface area contributed by atoms with E-state index in [1.165, 1.54) is 17.8 Å². The quantitative estimate of drug-likeness (QED) is 0.815. The first-order chi connectivity index (χ1) is 10.1. The number of carboxylic acid groups (broad SMARTS) is 1. The van der Waals surface area contributed by atoms with Gasteiger partial charge in [0.1, 0.15) is 0 Å². The minimum absolute atomic E-state index is 0.0276. The summed E-state index contributed by atoms with van der Waals surface area (Å²) in [5.41, 5.74) is 1.57. The molecule has 0 atom stereocenters. The second-order valence-corrected chi connectivity index (χ2v) is 5.72. The molecule has 5 heteroatoms. The number of hydrogen-bond acceptors (Lipinski definition) is 3. The second-order valence-electron chi connectivity index (χ2n) is 4.23. The molecule has 2 aromatic rings. The number of aliphatic hydroxyl groups is 1. The molecule has 3 nitrogen and oxygen atoms in total. The van der Waals surface area contributed by atoms with E-state index >= 15 is 0 Å². The summed E-state index contributed by atoms with van der Waals surface area (Å²) in [6, 6.07) is 12.9. The predicted molar refractivity (Wildman–Crippen MR) is 84.6 cm³/mol. The van der Waals surface area contributed by atoms with E-state index in [0.29, 0.717) is 5.02 Å². The topological polar surface area (TPSA) is 57.5 Å². The van der Waals surface area contributed by atoms with Gasteiger partial charge in [-0.25, -0.2) is 4.79 Å². The molecule has 0 amide bonds. The fourth-order valence-corrected chi connectivity index (χ4v) is 2.97. The van der Waals surface area contributed by atoms with Gasteiger partial charge in [-0.05, 0) is 35.4 Å². The van der Waals surface area contributed by atoms with E-state index in [9.17, 15) is 9.90 Å². The first-order valence-corrected chi connectivity index (χ1v) is 7.37. The summed E-state index contributed by atoms with van der Waals surface area (Å²) in [5, 5.41) is 18.5. The number of aliphatic hydroxyl groups excluding tert-OH is 1. The average Bonchev–Trinajstić information content (AvgIpc) is 2.48. The molecule has 2 aromatic carbocycles. The van der Waals surface area contributed by atoms with Crippen LogP contribution in [0, 0.1) is 0 Å². The van der Waals surface area contributed by atoms with Crippen molar-refractivity contribution in [2.75, 3.05) is 0 Å². The van der Waals surface area contributed by atoms with Gasteiger partial charge in [0.15, 0.2) is 0 Å². The maximum absolute atomic E-state index is 10.5. The van der Waals surface area contributed by atoms with Crippen molar-refractivity contribution in [2.24, 2.45) is 0 Å². The molecule has 0 aliphatic heterocycles. The molecule has 108 valence electrons. The zero-order valence-electron chi connectivity index (χ0n) is 11.0. The highest BCUT2D eigenvalue weighted by atomic mass is 35.5. The van der Waals surface area contributed by atoms with Gasteiger partial charge < -0.3 is 10.2 Å². The lowest BCUT2D eigenvalue weighted by atomic mass is 10.2. The van der Waals surface area contributed by atoms with Crippen molar-refractivity contribution >= 4 is 35.4 Å². The van der Waals surface area contributed by atoms with Crippen molar-refractivity contribution in [1.82, 2.24) is 0 Å². The van der Waals surface area contributed by atoms with Crippen molar-refractivity contribution in [1.29, 1.82) is 0 Å². The molecule has 2 rings (SSSR count). The fraction of sp³-hybridized carbons (Fsp3) is 0.0625. The van der Waals surface area contributed by atoms with Crippen LogP contribution in [0.25, 0.3) is 6.08 Å². The normalized spacial score (nSPS) is 11.0. The Morgan fingerprint density at radius 1 is 1.19 bits per heavy atom. The molecule has 0 spiro atoms. The molecule has 0 saturated heterocycles. The van der Waals surface area contributed by atoms with Gasteiger partial charge in [-0.1, -0.05) is 47.6 Å². The zero-order valence-corrected chi connectivity index (χ0v) is 12.6. The van der Waals surface area contributed by atoms with E-state index in [1.807, 2.05) is 30.3 Å². The number of hydrogen-bond donors (Lipinski definition) is 2. The Hall–Kier alpha value is -1.75. The Balaban J connectivity index is 2.23. The summed E-state index contributed by atoms with van der Waals surface area (Å²) in [6.07, 6.45) is 2.56. The third kappa shape index (κ3) is 4.36. The summed E-state index contributed by atoms with van der Waals surface area (Å²) in [5.74, 6) is -0.999. The van der Waals surface area contributed by atoms with Crippen LogP contribution in [0.1, 0.15) is 11.1 Å². The maximum Gasteiger partial charge on any atom is 0.328 e. The molecule has 0 aliphatic carbocycles. The van der Waals surface area contributed by atoms with Crippen molar-refractivity contribution < 1.29 is 15.0 Å². The fourth-order valence-electron chi connectivity index (χ4n) is 1.72. The summed E-state index contributed by atoms with van der Waals surface area (Å²) < 4.78 is 0. The average molecular weight is 321 g/mol. The lowest BCUT2D eigenvalue weighted by Crippen LogP contribution is -1.88. The van der Waals surface area contributed by atoms with Crippen LogP contribution in [0.4, 0.5) is 0 Å². The Morgan fingerprint density at radius 2 is 1.95 bits per heavy atom. The Kier molecular flexibility index (Phi) is 5.44. The third-order valence-electron chi connectivity index (χ3n) is 2.74. The van der Waals surface area contributed by atoms with E-state index < -0.39 is 5.97 Å². The smallest absolute Gasteiger partial charge is 0.328 e. The predicted octanol–water partition coefficient (Wildman–Crippen LogP) is 4.08. The van der Waals surface area contributed by atoms with Crippen LogP contribution in [0.3, 0.4) is 0 Å². The molecule has 0 saturated carbocycles. The van der Waals surface area contributed by atoms with Gasteiger partial charge in [-0.2, -0.15) is 0 Å². The SMILES string of the molecule is O=C(O)/C=C/c1ccc(Sc2ccccc2CO)c(Cl)c1. The molecule has 0 unspecified atom stereocenters. The molecular weight excluding hydrogens is 308 g/mol. The minimum atomic E-state index is -0.999. The van der Waals surface area contributed by atoms with Crippen molar-refractivity contribution in [3.63, 3.8) is 0 Å². The molecule has 0 heterocycles. The third-order valence-corrected chi connectivity index (χ3v) is 4.36. The monoisotopic (exact) mass is 320 g/mol. The maximum atomic E-state index is 10.5. The standard InChI is InChI=1S/C16H13ClO3S/c17-13-9-11(6-8-16(19)20)5-7-15(13)21-14-4-2-1-3-12(14)10-18/h1-9,18H,10H2,(H,19,20)/b8-6+. The molecule has 0 radical (unpaired) electrons. The molecular formula is C16H13ClO3S. The lowest BCUT2D eigenvalue weighted by molar-refractivity contribution is -0.131. The van der Waals surface area contributed by atoms with Crippen LogP contribution in [0.15, 0.2) is 58.3 Å². The summed E-state index contributed by atoms with van der Waals surface area (Å²) in [4.78, 5) is 12.3. The first kappa shape index (κ1) is 15.6. The minimum Gasteiger partial charge on any atom is -0.478 e. The number of benzene rings is 2. The van der Waals surface area contributed by atoms with Gasteiger partial charge >= 0.3 is 5.97 Å². The van der Waals surface area contributed by atoms with E-state index in [2.05, 4.69) is 0 Å².